The average molecular weight is 200 g/mol. The van der Waals surface area contributed by atoms with Gasteiger partial charge in [0.2, 0.25) is 0 Å². The van der Waals surface area contributed by atoms with Crippen molar-refractivity contribution < 1.29 is 0 Å². The van der Waals surface area contributed by atoms with Crippen LogP contribution in [-0.4, -0.2) is 10.3 Å². The largest absolute Gasteiger partial charge is 0.265 e. The molecule has 1 aromatic rings. The second-order valence-electron chi connectivity index (χ2n) is 1.13. The summed E-state index contributed by atoms with van der Waals surface area (Å²) in [6.07, 6.45) is 3.50. The van der Waals surface area contributed by atoms with Gasteiger partial charge in [0.05, 0.1) is 5.34 Å². The number of hydrogen-bond acceptors (Lipinski definition) is 1. The second-order valence-corrected chi connectivity index (χ2v) is 1.93. The van der Waals surface area contributed by atoms with Crippen LogP contribution in [0, 0.1) is 0 Å². The highest BCUT2D eigenvalue weighted by atomic mass is 35.5. The molecule has 0 aliphatic rings. The summed E-state index contributed by atoms with van der Waals surface area (Å²) in [6.45, 7) is 0. The van der Waals surface area contributed by atoms with Crippen LogP contribution in [0.5, 0.6) is 0 Å². The van der Waals surface area contributed by atoms with E-state index in [-0.39, 0.29) is 17.7 Å². The molecule has 0 saturated carbocycles. The molecule has 0 atom stereocenters. The molecule has 1 nitrogen and oxygen atoms in total. The van der Waals surface area contributed by atoms with Gasteiger partial charge in [-0.1, -0.05) is 6.07 Å². The highest BCUT2D eigenvalue weighted by Gasteiger charge is 1.58. The van der Waals surface area contributed by atoms with Gasteiger partial charge in [-0.05, 0) is 12.1 Å². The van der Waals surface area contributed by atoms with Gasteiger partial charge in [-0.25, -0.2) is 0 Å². The Kier molecular flexibility index (Phi) is 14.9. The second kappa shape index (κ2) is 11.8. The summed E-state index contributed by atoms with van der Waals surface area (Å²) < 4.78 is 0. The Labute approximate surface area is 76.8 Å². The zero-order valence-corrected chi connectivity index (χ0v) is 7.53. The summed E-state index contributed by atoms with van der Waals surface area (Å²) in [6, 6.07) is 5.72. The van der Waals surface area contributed by atoms with Gasteiger partial charge >= 0.3 is 0 Å². The van der Waals surface area contributed by atoms with Crippen molar-refractivity contribution in [2.75, 3.05) is 5.34 Å². The molecule has 0 aromatic carbocycles. The van der Waals surface area contributed by atoms with Gasteiger partial charge in [-0.3, -0.25) is 4.98 Å². The Morgan fingerprint density at radius 3 is 1.50 bits per heavy atom. The van der Waals surface area contributed by atoms with E-state index in [9.17, 15) is 0 Å². The summed E-state index contributed by atoms with van der Waals surface area (Å²) in [5.41, 5.74) is 0. The summed E-state index contributed by atoms with van der Waals surface area (Å²) >= 11 is 9.53. The first kappa shape index (κ1) is 12.7. The third kappa shape index (κ3) is 10.9. The molecule has 0 aliphatic carbocycles. The van der Waals surface area contributed by atoms with E-state index in [0.717, 1.165) is 0 Å². The number of hydrogen-bond donors (Lipinski definition) is 0. The van der Waals surface area contributed by atoms with Crippen LogP contribution in [0.2, 0.25) is 0 Å². The average Bonchev–Trinajstić information content (AvgIpc) is 1.93. The predicted octanol–water partition coefficient (Wildman–Crippen LogP) is 2.92. The van der Waals surface area contributed by atoms with Crippen molar-refractivity contribution in [1.82, 2.24) is 4.98 Å². The molecule has 0 amide bonds. The zero-order valence-electron chi connectivity index (χ0n) is 5.21. The van der Waals surface area contributed by atoms with Gasteiger partial charge in [0.1, 0.15) is 0 Å². The Bertz CT molecular complexity index is 95.8. The van der Waals surface area contributed by atoms with Gasteiger partial charge < -0.3 is 0 Å². The molecule has 0 spiro atoms. The number of pyridine rings is 1. The Balaban J connectivity index is 0. The smallest absolute Gasteiger partial charge is 0.0967 e. The van der Waals surface area contributed by atoms with Crippen LogP contribution >= 0.6 is 35.6 Å². The summed E-state index contributed by atoms with van der Waals surface area (Å²) in [4.78, 5) is 3.78. The molecule has 4 heteroatoms. The van der Waals surface area contributed by atoms with E-state index < -0.39 is 0 Å². The highest BCUT2D eigenvalue weighted by Crippen LogP contribution is 1.73. The lowest BCUT2D eigenvalue weighted by Gasteiger charge is -1.70. The van der Waals surface area contributed by atoms with Gasteiger partial charge in [0.25, 0.3) is 0 Å². The number of alkyl halides is 2. The minimum atomic E-state index is 0. The van der Waals surface area contributed by atoms with E-state index in [2.05, 4.69) is 4.98 Å². The number of nitrogens with zero attached hydrogens (tertiary/aromatic N) is 1. The van der Waals surface area contributed by atoms with Crippen molar-refractivity contribution in [1.29, 1.82) is 0 Å². The fraction of sp³-hybridized carbons (Fsp3) is 0.167. The molecule has 1 heterocycles. The molecule has 10 heavy (non-hydrogen) atoms. The van der Waals surface area contributed by atoms with Gasteiger partial charge in [0, 0.05) is 12.4 Å². The number of aromatic nitrogens is 1. The molecule has 0 saturated heterocycles. The van der Waals surface area contributed by atoms with Crippen molar-refractivity contribution in [2.24, 2.45) is 0 Å². The normalized spacial score (nSPS) is 6.60. The maximum Gasteiger partial charge on any atom is 0.0967 e. The van der Waals surface area contributed by atoms with Crippen molar-refractivity contribution in [3.63, 3.8) is 0 Å². The van der Waals surface area contributed by atoms with Crippen LogP contribution in [0.15, 0.2) is 30.6 Å². The SMILES string of the molecule is Cl.ClCCl.c1ccncc1. The third-order valence-corrected chi connectivity index (χ3v) is 0.566. The van der Waals surface area contributed by atoms with Crippen molar-refractivity contribution in [3.05, 3.63) is 30.6 Å². The maximum atomic E-state index is 4.76. The molecule has 0 N–H and O–H groups in total. The molecule has 0 aliphatic heterocycles. The molecular weight excluding hydrogens is 192 g/mol. The standard InChI is InChI=1S/C5H5N.CH2Cl2.ClH/c1-2-4-6-5-3-1;2-1-3;/h1-5H;1H2;1H. The predicted molar refractivity (Wildman–Crippen MR) is 48.1 cm³/mol. The molecule has 0 bridgehead atoms. The number of rotatable bonds is 0. The fourth-order valence-corrected chi connectivity index (χ4v) is 0.313. The van der Waals surface area contributed by atoms with Crippen molar-refractivity contribution in [2.45, 2.75) is 0 Å². The highest BCUT2D eigenvalue weighted by molar-refractivity contribution is 6.40. The minimum Gasteiger partial charge on any atom is -0.265 e. The monoisotopic (exact) mass is 199 g/mol. The first-order valence-electron chi connectivity index (χ1n) is 2.38. The zero-order chi connectivity index (χ0) is 6.95. The molecule has 1 aromatic heterocycles. The van der Waals surface area contributed by atoms with Crippen LogP contribution in [0.25, 0.3) is 0 Å². The topological polar surface area (TPSA) is 12.9 Å². The van der Waals surface area contributed by atoms with Gasteiger partial charge in [-0.2, -0.15) is 0 Å². The lowest BCUT2D eigenvalue weighted by molar-refractivity contribution is 1.33. The Morgan fingerprint density at radius 2 is 1.40 bits per heavy atom. The van der Waals surface area contributed by atoms with Crippen LogP contribution in [-0.2, 0) is 0 Å². The Morgan fingerprint density at radius 1 is 1.00 bits per heavy atom. The lowest BCUT2D eigenvalue weighted by Crippen LogP contribution is -1.58. The first-order valence-corrected chi connectivity index (χ1v) is 3.45. The fourth-order valence-electron chi connectivity index (χ4n) is 0.313. The molecule has 0 unspecified atom stereocenters. The summed E-state index contributed by atoms with van der Waals surface area (Å²) in [5.74, 6) is 0. The lowest BCUT2D eigenvalue weighted by atomic mass is 10.5. The quantitative estimate of drug-likeness (QED) is 0.587. The van der Waals surface area contributed by atoms with Crippen LogP contribution < -0.4 is 0 Å². The molecule has 1 rings (SSSR count). The van der Waals surface area contributed by atoms with E-state index in [1.54, 1.807) is 12.4 Å². The maximum absolute atomic E-state index is 4.76. The van der Waals surface area contributed by atoms with E-state index in [1.807, 2.05) is 18.2 Å². The molecule has 58 valence electrons. The third-order valence-electron chi connectivity index (χ3n) is 0.566. The molecule has 0 radical (unpaired) electrons. The number of halogens is 3. The van der Waals surface area contributed by atoms with E-state index >= 15 is 0 Å². The van der Waals surface area contributed by atoms with Crippen molar-refractivity contribution in [3.8, 4) is 0 Å². The summed E-state index contributed by atoms with van der Waals surface area (Å²) in [5, 5.41) is 0.194. The van der Waals surface area contributed by atoms with Gasteiger partial charge in [0.15, 0.2) is 0 Å². The van der Waals surface area contributed by atoms with E-state index in [4.69, 9.17) is 23.2 Å². The van der Waals surface area contributed by atoms with E-state index in [0.29, 0.717) is 0 Å². The minimum absolute atomic E-state index is 0. The molecular formula is C6H8Cl3N. The van der Waals surface area contributed by atoms with Crippen LogP contribution in [0.3, 0.4) is 0 Å². The van der Waals surface area contributed by atoms with Gasteiger partial charge in [-0.15, -0.1) is 35.6 Å². The first-order chi connectivity index (χ1) is 4.41. The van der Waals surface area contributed by atoms with E-state index in [1.165, 1.54) is 0 Å². The molecule has 0 fully saturated rings. The van der Waals surface area contributed by atoms with Crippen LogP contribution in [0.4, 0.5) is 0 Å². The van der Waals surface area contributed by atoms with Crippen molar-refractivity contribution >= 4 is 35.6 Å². The van der Waals surface area contributed by atoms with Crippen LogP contribution in [0.1, 0.15) is 0 Å². The summed E-state index contributed by atoms with van der Waals surface area (Å²) in [7, 11) is 0. The Hall–Kier alpha value is 0.0200.